The SMILES string of the molecule is CC1CCC(CC(=O)N2CCC(C)(CN)C2)C1.Cl. The lowest BCUT2D eigenvalue weighted by molar-refractivity contribution is -0.131. The van der Waals surface area contributed by atoms with Crippen LogP contribution in [0.25, 0.3) is 0 Å². The molecule has 3 unspecified atom stereocenters. The van der Waals surface area contributed by atoms with E-state index in [-0.39, 0.29) is 17.8 Å². The maximum atomic E-state index is 12.2. The molecular weight excluding hydrogens is 248 g/mol. The summed E-state index contributed by atoms with van der Waals surface area (Å²) in [5.41, 5.74) is 5.94. The van der Waals surface area contributed by atoms with Crippen molar-refractivity contribution >= 4 is 18.3 Å². The van der Waals surface area contributed by atoms with E-state index in [0.717, 1.165) is 31.8 Å². The summed E-state index contributed by atoms with van der Waals surface area (Å²) in [5.74, 6) is 1.82. The molecule has 106 valence electrons. The molecule has 0 aromatic carbocycles. The maximum Gasteiger partial charge on any atom is 0.222 e. The average molecular weight is 275 g/mol. The molecule has 3 atom stereocenters. The first kappa shape index (κ1) is 15.8. The molecule has 1 aliphatic carbocycles. The zero-order valence-electron chi connectivity index (χ0n) is 11.7. The third-order valence-electron chi connectivity index (χ3n) is 4.67. The summed E-state index contributed by atoms with van der Waals surface area (Å²) >= 11 is 0. The summed E-state index contributed by atoms with van der Waals surface area (Å²) in [5, 5.41) is 0. The maximum absolute atomic E-state index is 12.2. The molecular formula is C14H27ClN2O. The molecule has 2 rings (SSSR count). The van der Waals surface area contributed by atoms with Crippen LogP contribution in [0.2, 0.25) is 0 Å². The quantitative estimate of drug-likeness (QED) is 0.859. The van der Waals surface area contributed by atoms with Gasteiger partial charge in [-0.1, -0.05) is 20.3 Å². The lowest BCUT2D eigenvalue weighted by atomic mass is 9.90. The number of likely N-dealkylation sites (tertiary alicyclic amines) is 1. The Balaban J connectivity index is 0.00000162. The van der Waals surface area contributed by atoms with Crippen molar-refractivity contribution in [3.63, 3.8) is 0 Å². The van der Waals surface area contributed by atoms with Crippen LogP contribution < -0.4 is 5.73 Å². The van der Waals surface area contributed by atoms with Gasteiger partial charge in [0.2, 0.25) is 5.91 Å². The van der Waals surface area contributed by atoms with E-state index in [0.29, 0.717) is 18.4 Å². The first-order valence-corrected chi connectivity index (χ1v) is 7.00. The summed E-state index contributed by atoms with van der Waals surface area (Å²) in [6.45, 7) is 6.96. The summed E-state index contributed by atoms with van der Waals surface area (Å²) in [6, 6.07) is 0. The van der Waals surface area contributed by atoms with E-state index >= 15 is 0 Å². The second-order valence-electron chi connectivity index (χ2n) is 6.57. The van der Waals surface area contributed by atoms with Crippen molar-refractivity contribution in [2.45, 2.75) is 46.0 Å². The first-order valence-electron chi connectivity index (χ1n) is 7.00. The van der Waals surface area contributed by atoms with Gasteiger partial charge in [0.1, 0.15) is 0 Å². The molecule has 0 radical (unpaired) electrons. The molecule has 18 heavy (non-hydrogen) atoms. The molecule has 4 heteroatoms. The molecule has 1 saturated carbocycles. The second-order valence-corrected chi connectivity index (χ2v) is 6.57. The Morgan fingerprint density at radius 1 is 1.44 bits per heavy atom. The van der Waals surface area contributed by atoms with Gasteiger partial charge in [0.25, 0.3) is 0 Å². The third kappa shape index (κ3) is 3.61. The molecule has 0 aromatic heterocycles. The molecule has 2 N–H and O–H groups in total. The number of carbonyl (C=O) groups is 1. The fourth-order valence-corrected chi connectivity index (χ4v) is 3.29. The van der Waals surface area contributed by atoms with Gasteiger partial charge in [-0.25, -0.2) is 0 Å². The summed E-state index contributed by atoms with van der Waals surface area (Å²) in [4.78, 5) is 14.2. The van der Waals surface area contributed by atoms with Crippen LogP contribution in [0, 0.1) is 17.3 Å². The van der Waals surface area contributed by atoms with Crippen molar-refractivity contribution in [2.24, 2.45) is 23.0 Å². The smallest absolute Gasteiger partial charge is 0.222 e. The van der Waals surface area contributed by atoms with Gasteiger partial charge in [0, 0.05) is 19.5 Å². The van der Waals surface area contributed by atoms with E-state index in [4.69, 9.17) is 5.73 Å². The van der Waals surface area contributed by atoms with E-state index in [1.54, 1.807) is 0 Å². The minimum atomic E-state index is 0. The van der Waals surface area contributed by atoms with Gasteiger partial charge in [-0.15, -0.1) is 12.4 Å². The molecule has 0 spiro atoms. The van der Waals surface area contributed by atoms with Crippen molar-refractivity contribution in [2.75, 3.05) is 19.6 Å². The minimum Gasteiger partial charge on any atom is -0.342 e. The van der Waals surface area contributed by atoms with E-state index < -0.39 is 0 Å². The number of amides is 1. The Labute approximate surface area is 117 Å². The molecule has 2 fully saturated rings. The fraction of sp³-hybridized carbons (Fsp3) is 0.929. The number of halogens is 1. The molecule has 3 nitrogen and oxygen atoms in total. The van der Waals surface area contributed by atoms with Gasteiger partial charge in [-0.2, -0.15) is 0 Å². The predicted octanol–water partition coefficient (Wildman–Crippen LogP) is 2.43. The van der Waals surface area contributed by atoms with Crippen LogP contribution >= 0.6 is 12.4 Å². The Morgan fingerprint density at radius 2 is 2.17 bits per heavy atom. The highest BCUT2D eigenvalue weighted by atomic mass is 35.5. The number of nitrogens with two attached hydrogens (primary N) is 1. The Bertz CT molecular complexity index is 298. The van der Waals surface area contributed by atoms with Crippen LogP contribution in [0.15, 0.2) is 0 Å². The zero-order valence-corrected chi connectivity index (χ0v) is 12.5. The monoisotopic (exact) mass is 274 g/mol. The zero-order chi connectivity index (χ0) is 12.5. The molecule has 1 saturated heterocycles. The predicted molar refractivity (Wildman–Crippen MR) is 76.7 cm³/mol. The van der Waals surface area contributed by atoms with Crippen molar-refractivity contribution < 1.29 is 4.79 Å². The topological polar surface area (TPSA) is 46.3 Å². The van der Waals surface area contributed by atoms with E-state index in [1.807, 2.05) is 4.90 Å². The lowest BCUT2D eigenvalue weighted by Crippen LogP contribution is -2.35. The van der Waals surface area contributed by atoms with Gasteiger partial charge in [0.05, 0.1) is 0 Å². The minimum absolute atomic E-state index is 0. The van der Waals surface area contributed by atoms with Crippen LogP contribution in [0.1, 0.15) is 46.0 Å². The number of nitrogens with zero attached hydrogens (tertiary/aromatic N) is 1. The van der Waals surface area contributed by atoms with Crippen molar-refractivity contribution in [1.29, 1.82) is 0 Å². The van der Waals surface area contributed by atoms with Gasteiger partial charge < -0.3 is 10.6 Å². The molecule has 2 aliphatic rings. The second kappa shape index (κ2) is 6.25. The normalized spacial score (nSPS) is 35.6. The summed E-state index contributed by atoms with van der Waals surface area (Å²) < 4.78 is 0. The molecule has 1 heterocycles. The number of hydrogen-bond acceptors (Lipinski definition) is 2. The highest BCUT2D eigenvalue weighted by Crippen LogP contribution is 2.34. The van der Waals surface area contributed by atoms with Crippen molar-refractivity contribution in [1.82, 2.24) is 4.90 Å². The Morgan fingerprint density at radius 3 is 2.67 bits per heavy atom. The summed E-state index contributed by atoms with van der Waals surface area (Å²) in [7, 11) is 0. The first-order chi connectivity index (χ1) is 8.02. The number of hydrogen-bond donors (Lipinski definition) is 1. The molecule has 1 aliphatic heterocycles. The van der Waals surface area contributed by atoms with Gasteiger partial charge >= 0.3 is 0 Å². The Hall–Kier alpha value is -0.280. The van der Waals surface area contributed by atoms with Crippen molar-refractivity contribution in [3.05, 3.63) is 0 Å². The average Bonchev–Trinajstić information content (AvgIpc) is 2.86. The van der Waals surface area contributed by atoms with Gasteiger partial charge in [-0.3, -0.25) is 4.79 Å². The number of carbonyl (C=O) groups excluding carboxylic acids is 1. The molecule has 1 amide bonds. The van der Waals surface area contributed by atoms with Crippen LogP contribution in [-0.2, 0) is 4.79 Å². The highest BCUT2D eigenvalue weighted by molar-refractivity contribution is 5.85. The van der Waals surface area contributed by atoms with Gasteiger partial charge in [-0.05, 0) is 43.1 Å². The van der Waals surface area contributed by atoms with Crippen LogP contribution in [-0.4, -0.2) is 30.4 Å². The van der Waals surface area contributed by atoms with Crippen LogP contribution in [0.3, 0.4) is 0 Å². The third-order valence-corrected chi connectivity index (χ3v) is 4.67. The van der Waals surface area contributed by atoms with Crippen molar-refractivity contribution in [3.8, 4) is 0 Å². The Kier molecular flexibility index (Phi) is 5.47. The van der Waals surface area contributed by atoms with Gasteiger partial charge in [0.15, 0.2) is 0 Å². The largest absolute Gasteiger partial charge is 0.342 e. The fourth-order valence-electron chi connectivity index (χ4n) is 3.29. The number of rotatable bonds is 3. The highest BCUT2D eigenvalue weighted by Gasteiger charge is 2.35. The lowest BCUT2D eigenvalue weighted by Gasteiger charge is -2.23. The van der Waals surface area contributed by atoms with E-state index in [2.05, 4.69) is 13.8 Å². The molecule has 0 aromatic rings. The summed E-state index contributed by atoms with van der Waals surface area (Å²) in [6.07, 6.45) is 5.63. The molecule has 0 bridgehead atoms. The van der Waals surface area contributed by atoms with E-state index in [9.17, 15) is 4.79 Å². The van der Waals surface area contributed by atoms with E-state index in [1.165, 1.54) is 19.3 Å². The standard InChI is InChI=1S/C14H26N2O.ClH/c1-11-3-4-12(7-11)8-13(17)16-6-5-14(2,9-15)10-16;/h11-12H,3-10,15H2,1-2H3;1H. The van der Waals surface area contributed by atoms with Crippen LogP contribution in [0.5, 0.6) is 0 Å². The van der Waals surface area contributed by atoms with Crippen LogP contribution in [0.4, 0.5) is 0 Å².